The van der Waals surface area contributed by atoms with Crippen LogP contribution in [0.15, 0.2) is 0 Å². The van der Waals surface area contributed by atoms with Crippen molar-refractivity contribution in [3.63, 3.8) is 0 Å². The molecule has 28 heavy (non-hydrogen) atoms. The van der Waals surface area contributed by atoms with Gasteiger partial charge in [-0.05, 0) is 38.9 Å². The lowest BCUT2D eigenvalue weighted by Gasteiger charge is -2.26. The molecule has 0 saturated carbocycles. The molecule has 0 aromatic rings. The van der Waals surface area contributed by atoms with E-state index in [1.807, 2.05) is 0 Å². The summed E-state index contributed by atoms with van der Waals surface area (Å²) in [6.07, 6.45) is 21.8. The minimum absolute atomic E-state index is 0.0709. The third-order valence-electron chi connectivity index (χ3n) is 5.28. The van der Waals surface area contributed by atoms with E-state index in [0.29, 0.717) is 12.5 Å². The molecule has 0 bridgehead atoms. The predicted molar refractivity (Wildman–Crippen MR) is 124 cm³/mol. The zero-order valence-electron chi connectivity index (χ0n) is 19.8. The van der Waals surface area contributed by atoms with Crippen molar-refractivity contribution in [1.82, 2.24) is 0 Å². The van der Waals surface area contributed by atoms with Crippen LogP contribution in [0, 0.1) is 0 Å². The number of hydrogen-bond acceptors (Lipinski definition) is 3. The molecule has 0 aliphatic heterocycles. The summed E-state index contributed by atoms with van der Waals surface area (Å²) >= 11 is 0. The highest BCUT2D eigenvalue weighted by atomic mass is 28.4. The van der Waals surface area contributed by atoms with E-state index in [0.717, 1.165) is 12.8 Å². The molecule has 0 radical (unpaired) electrons. The maximum atomic E-state index is 11.0. The smallest absolute Gasteiger partial charge is 0.305 e. The molecule has 0 aliphatic rings. The van der Waals surface area contributed by atoms with Crippen LogP contribution in [0.5, 0.6) is 0 Å². The van der Waals surface area contributed by atoms with Crippen molar-refractivity contribution in [2.24, 2.45) is 0 Å². The first-order chi connectivity index (χ1) is 13.4. The molecule has 0 heterocycles. The highest BCUT2D eigenvalue weighted by molar-refractivity contribution is 6.69. The lowest BCUT2D eigenvalue weighted by atomic mass is 10.0. The Morgan fingerprint density at radius 3 is 1.57 bits per heavy atom. The molecule has 0 amide bonds. The molecular formula is C24H50O3Si. The molecule has 0 aromatic carbocycles. The number of esters is 1. The van der Waals surface area contributed by atoms with Crippen molar-refractivity contribution in [3.05, 3.63) is 0 Å². The van der Waals surface area contributed by atoms with Gasteiger partial charge in [-0.3, -0.25) is 4.79 Å². The molecule has 0 rings (SSSR count). The minimum atomic E-state index is -1.42. The third-order valence-corrected chi connectivity index (χ3v) is 6.32. The summed E-state index contributed by atoms with van der Waals surface area (Å²) in [5, 5.41) is 0. The van der Waals surface area contributed by atoms with Crippen molar-refractivity contribution in [1.29, 1.82) is 0 Å². The molecule has 4 heteroatoms. The van der Waals surface area contributed by atoms with Gasteiger partial charge >= 0.3 is 5.97 Å². The fraction of sp³-hybridized carbons (Fsp3) is 0.958. The second-order valence-electron chi connectivity index (χ2n) is 9.35. The van der Waals surface area contributed by atoms with Gasteiger partial charge in [0.25, 0.3) is 0 Å². The van der Waals surface area contributed by atoms with Gasteiger partial charge in [-0.2, -0.15) is 0 Å². The molecule has 0 saturated heterocycles. The molecule has 168 valence electrons. The summed E-state index contributed by atoms with van der Waals surface area (Å²) in [7, 11) is 0.0445. The van der Waals surface area contributed by atoms with E-state index in [-0.39, 0.29) is 5.97 Å². The summed E-state index contributed by atoms with van der Waals surface area (Å²) < 4.78 is 11.1. The van der Waals surface area contributed by atoms with Gasteiger partial charge < -0.3 is 9.16 Å². The van der Waals surface area contributed by atoms with E-state index in [4.69, 9.17) is 4.43 Å². The van der Waals surface area contributed by atoms with Crippen LogP contribution < -0.4 is 0 Å². The van der Waals surface area contributed by atoms with Crippen LogP contribution >= 0.6 is 0 Å². The topological polar surface area (TPSA) is 35.5 Å². The fourth-order valence-corrected chi connectivity index (χ4v) is 4.95. The van der Waals surface area contributed by atoms with E-state index in [1.165, 1.54) is 97.0 Å². The molecule has 0 fully saturated rings. The second kappa shape index (κ2) is 18.7. The Hall–Kier alpha value is -0.353. The maximum Gasteiger partial charge on any atom is 0.305 e. The molecule has 1 atom stereocenters. The standard InChI is InChI=1S/C24H50O3Si/c1-6-7-8-17-20-23(27-28(3,4)5)21-18-15-13-11-9-10-12-14-16-19-22-24(25)26-2/h23H,6-22H2,1-5H3. The van der Waals surface area contributed by atoms with Crippen LogP contribution in [0.25, 0.3) is 0 Å². The lowest BCUT2D eigenvalue weighted by molar-refractivity contribution is -0.140. The van der Waals surface area contributed by atoms with Crippen molar-refractivity contribution < 1.29 is 14.0 Å². The Balaban J connectivity index is 3.58. The van der Waals surface area contributed by atoms with Gasteiger partial charge in [0.1, 0.15) is 0 Å². The Morgan fingerprint density at radius 1 is 0.714 bits per heavy atom. The summed E-state index contributed by atoms with van der Waals surface area (Å²) in [6, 6.07) is 0. The molecule has 0 spiro atoms. The Bertz CT molecular complexity index is 352. The van der Waals surface area contributed by atoms with E-state index in [9.17, 15) is 4.79 Å². The molecular weight excluding hydrogens is 364 g/mol. The summed E-state index contributed by atoms with van der Waals surface area (Å²) in [6.45, 7) is 9.24. The van der Waals surface area contributed by atoms with Crippen molar-refractivity contribution in [3.8, 4) is 0 Å². The van der Waals surface area contributed by atoms with E-state index in [1.54, 1.807) is 0 Å². The van der Waals surface area contributed by atoms with Crippen LogP contribution in [0.3, 0.4) is 0 Å². The lowest BCUT2D eigenvalue weighted by Crippen LogP contribution is -2.32. The Kier molecular flexibility index (Phi) is 18.4. The average Bonchev–Trinajstić information content (AvgIpc) is 2.64. The molecule has 0 N–H and O–H groups in total. The first-order valence-electron chi connectivity index (χ1n) is 12.1. The van der Waals surface area contributed by atoms with E-state index < -0.39 is 8.32 Å². The van der Waals surface area contributed by atoms with Gasteiger partial charge in [0.15, 0.2) is 8.32 Å². The largest absolute Gasteiger partial charge is 0.469 e. The van der Waals surface area contributed by atoms with Gasteiger partial charge in [-0.25, -0.2) is 0 Å². The van der Waals surface area contributed by atoms with Crippen molar-refractivity contribution in [2.75, 3.05) is 7.11 Å². The van der Waals surface area contributed by atoms with Crippen LogP contribution in [-0.2, 0) is 14.0 Å². The number of carbonyl (C=O) groups is 1. The first-order valence-corrected chi connectivity index (χ1v) is 15.5. The normalized spacial score (nSPS) is 12.9. The molecule has 3 nitrogen and oxygen atoms in total. The second-order valence-corrected chi connectivity index (χ2v) is 13.8. The summed E-state index contributed by atoms with van der Waals surface area (Å²) in [5.41, 5.74) is 0. The number of carbonyl (C=O) groups excluding carboxylic acids is 1. The minimum Gasteiger partial charge on any atom is -0.469 e. The zero-order valence-corrected chi connectivity index (χ0v) is 20.8. The number of ether oxygens (including phenoxy) is 1. The van der Waals surface area contributed by atoms with Crippen LogP contribution in [0.4, 0.5) is 0 Å². The monoisotopic (exact) mass is 414 g/mol. The van der Waals surface area contributed by atoms with E-state index >= 15 is 0 Å². The first kappa shape index (κ1) is 27.6. The van der Waals surface area contributed by atoms with Gasteiger partial charge in [0, 0.05) is 12.5 Å². The average molecular weight is 415 g/mol. The highest BCUT2D eigenvalue weighted by Gasteiger charge is 2.20. The molecule has 0 aromatic heterocycles. The number of rotatable bonds is 20. The van der Waals surface area contributed by atoms with Gasteiger partial charge in [0.05, 0.1) is 7.11 Å². The van der Waals surface area contributed by atoms with Crippen LogP contribution in [0.1, 0.15) is 116 Å². The SMILES string of the molecule is CCCCCCC(CCCCCCCCCCCCC(=O)OC)O[Si](C)(C)C. The van der Waals surface area contributed by atoms with Crippen molar-refractivity contribution in [2.45, 2.75) is 142 Å². The van der Waals surface area contributed by atoms with Crippen LogP contribution in [0.2, 0.25) is 19.6 Å². The maximum absolute atomic E-state index is 11.0. The number of methoxy groups -OCH3 is 1. The highest BCUT2D eigenvalue weighted by Crippen LogP contribution is 2.20. The van der Waals surface area contributed by atoms with Gasteiger partial charge in [-0.1, -0.05) is 90.4 Å². The Morgan fingerprint density at radius 2 is 1.14 bits per heavy atom. The fourth-order valence-electron chi connectivity index (χ4n) is 3.72. The van der Waals surface area contributed by atoms with Gasteiger partial charge in [-0.15, -0.1) is 0 Å². The van der Waals surface area contributed by atoms with Crippen LogP contribution in [-0.4, -0.2) is 27.5 Å². The molecule has 1 unspecified atom stereocenters. The summed E-state index contributed by atoms with van der Waals surface area (Å²) in [4.78, 5) is 11.0. The van der Waals surface area contributed by atoms with Crippen molar-refractivity contribution >= 4 is 14.3 Å². The van der Waals surface area contributed by atoms with E-state index in [2.05, 4.69) is 31.3 Å². The zero-order chi connectivity index (χ0) is 21.1. The molecule has 0 aliphatic carbocycles. The summed E-state index contributed by atoms with van der Waals surface area (Å²) in [5.74, 6) is -0.0709. The Labute approximate surface area is 177 Å². The van der Waals surface area contributed by atoms with Gasteiger partial charge in [0.2, 0.25) is 0 Å². The third kappa shape index (κ3) is 20.4. The number of unbranched alkanes of at least 4 members (excludes halogenated alkanes) is 12. The quantitative estimate of drug-likeness (QED) is 0.115. The predicted octanol–water partition coefficient (Wildman–Crippen LogP) is 8.03. The number of hydrogen-bond donors (Lipinski definition) is 0.